The standard InChI is InChI=1S/C18H14F4N2O2/c19-14-3-2-12(18(20,21)22)6-13(14)11-1-4-16-15(5-11)23-10-24(16)7-17(25)8-26-9-17/h1-6,10,25H,7-9H2. The average Bonchev–Trinajstić information content (AvgIpc) is 2.95. The molecule has 0 saturated carbocycles. The second-order valence-electron chi connectivity index (χ2n) is 6.49. The molecule has 0 radical (unpaired) electrons. The van der Waals surface area contributed by atoms with Gasteiger partial charge in [0, 0.05) is 5.56 Å². The third-order valence-corrected chi connectivity index (χ3v) is 4.43. The van der Waals surface area contributed by atoms with Crippen LogP contribution in [0.4, 0.5) is 17.6 Å². The van der Waals surface area contributed by atoms with Crippen LogP contribution in [-0.4, -0.2) is 33.5 Å². The quantitative estimate of drug-likeness (QED) is 0.721. The number of fused-ring (bicyclic) bond motifs is 1. The summed E-state index contributed by atoms with van der Waals surface area (Å²) in [4.78, 5) is 4.21. The molecule has 0 amide bonds. The fraction of sp³-hybridized carbons (Fsp3) is 0.278. The Balaban J connectivity index is 1.72. The van der Waals surface area contributed by atoms with E-state index in [1.54, 1.807) is 16.7 Å². The molecule has 0 aliphatic carbocycles. The number of benzene rings is 2. The fourth-order valence-corrected chi connectivity index (χ4v) is 3.03. The molecule has 2 aromatic carbocycles. The minimum absolute atomic E-state index is 0.137. The van der Waals surface area contributed by atoms with Crippen molar-refractivity contribution in [3.63, 3.8) is 0 Å². The third-order valence-electron chi connectivity index (χ3n) is 4.43. The summed E-state index contributed by atoms with van der Waals surface area (Å²) < 4.78 is 59.5. The summed E-state index contributed by atoms with van der Waals surface area (Å²) in [6, 6.07) is 7.05. The highest BCUT2D eigenvalue weighted by Crippen LogP contribution is 2.34. The lowest BCUT2D eigenvalue weighted by molar-refractivity contribution is -0.184. The maximum atomic E-state index is 14.1. The number of aromatic nitrogens is 2. The van der Waals surface area contributed by atoms with Crippen LogP contribution < -0.4 is 0 Å². The van der Waals surface area contributed by atoms with E-state index < -0.39 is 23.2 Å². The average molecular weight is 366 g/mol. The lowest BCUT2D eigenvalue weighted by atomic mass is 10.0. The van der Waals surface area contributed by atoms with E-state index in [2.05, 4.69) is 4.98 Å². The van der Waals surface area contributed by atoms with Gasteiger partial charge >= 0.3 is 6.18 Å². The van der Waals surface area contributed by atoms with Crippen molar-refractivity contribution in [2.45, 2.75) is 18.3 Å². The topological polar surface area (TPSA) is 47.3 Å². The van der Waals surface area contributed by atoms with E-state index in [-0.39, 0.29) is 18.8 Å². The van der Waals surface area contributed by atoms with E-state index in [4.69, 9.17) is 4.74 Å². The summed E-state index contributed by atoms with van der Waals surface area (Å²) in [6.07, 6.45) is -3.01. The van der Waals surface area contributed by atoms with Crippen molar-refractivity contribution in [3.8, 4) is 11.1 Å². The van der Waals surface area contributed by atoms with Crippen LogP contribution in [0, 0.1) is 5.82 Å². The molecule has 0 unspecified atom stereocenters. The van der Waals surface area contributed by atoms with Crippen molar-refractivity contribution in [1.29, 1.82) is 0 Å². The monoisotopic (exact) mass is 366 g/mol. The highest BCUT2D eigenvalue weighted by molar-refractivity contribution is 5.82. The zero-order valence-electron chi connectivity index (χ0n) is 13.4. The summed E-state index contributed by atoms with van der Waals surface area (Å²) >= 11 is 0. The van der Waals surface area contributed by atoms with E-state index in [1.807, 2.05) is 0 Å². The molecule has 1 aromatic heterocycles. The molecule has 0 spiro atoms. The number of alkyl halides is 3. The normalized spacial score (nSPS) is 16.7. The molecular weight excluding hydrogens is 352 g/mol. The van der Waals surface area contributed by atoms with Crippen LogP contribution in [-0.2, 0) is 17.5 Å². The van der Waals surface area contributed by atoms with Gasteiger partial charge in [0.15, 0.2) is 0 Å². The number of halogens is 4. The highest BCUT2D eigenvalue weighted by atomic mass is 19.4. The summed E-state index contributed by atoms with van der Waals surface area (Å²) in [5.41, 5.74) is -0.491. The fourth-order valence-electron chi connectivity index (χ4n) is 3.03. The number of nitrogens with zero attached hydrogens (tertiary/aromatic N) is 2. The summed E-state index contributed by atoms with van der Waals surface area (Å²) in [7, 11) is 0. The predicted octanol–water partition coefficient (Wildman–Crippen LogP) is 3.62. The van der Waals surface area contributed by atoms with E-state index in [9.17, 15) is 22.7 Å². The summed E-state index contributed by atoms with van der Waals surface area (Å²) in [5, 5.41) is 10.2. The van der Waals surface area contributed by atoms with Crippen molar-refractivity contribution in [3.05, 3.63) is 54.1 Å². The minimum Gasteiger partial charge on any atom is -0.383 e. The second kappa shape index (κ2) is 5.78. The summed E-state index contributed by atoms with van der Waals surface area (Å²) in [5.74, 6) is -0.738. The van der Waals surface area contributed by atoms with Gasteiger partial charge in [-0.1, -0.05) is 6.07 Å². The van der Waals surface area contributed by atoms with Gasteiger partial charge in [0.25, 0.3) is 0 Å². The first-order chi connectivity index (χ1) is 12.3. The van der Waals surface area contributed by atoms with Gasteiger partial charge in [0.1, 0.15) is 11.4 Å². The molecule has 136 valence electrons. The molecule has 1 fully saturated rings. The minimum atomic E-state index is -4.55. The predicted molar refractivity (Wildman–Crippen MR) is 85.9 cm³/mol. The van der Waals surface area contributed by atoms with Gasteiger partial charge in [0.2, 0.25) is 0 Å². The smallest absolute Gasteiger partial charge is 0.383 e. The van der Waals surface area contributed by atoms with Crippen molar-refractivity contribution in [2.24, 2.45) is 0 Å². The van der Waals surface area contributed by atoms with Crippen LogP contribution in [0.1, 0.15) is 5.56 Å². The number of imidazole rings is 1. The maximum absolute atomic E-state index is 14.1. The Morgan fingerprint density at radius 3 is 2.58 bits per heavy atom. The molecule has 4 nitrogen and oxygen atoms in total. The first kappa shape index (κ1) is 17.0. The number of rotatable bonds is 3. The van der Waals surface area contributed by atoms with Crippen LogP contribution in [0.5, 0.6) is 0 Å². The molecule has 0 bridgehead atoms. The van der Waals surface area contributed by atoms with Crippen LogP contribution in [0.3, 0.4) is 0 Å². The van der Waals surface area contributed by atoms with Crippen LogP contribution in [0.2, 0.25) is 0 Å². The van der Waals surface area contributed by atoms with E-state index >= 15 is 0 Å². The lowest BCUT2D eigenvalue weighted by Gasteiger charge is -2.36. The lowest BCUT2D eigenvalue weighted by Crippen LogP contribution is -2.52. The van der Waals surface area contributed by atoms with E-state index in [1.165, 1.54) is 12.4 Å². The molecule has 1 N–H and O–H groups in total. The van der Waals surface area contributed by atoms with Crippen LogP contribution in [0.15, 0.2) is 42.7 Å². The van der Waals surface area contributed by atoms with Crippen LogP contribution in [0.25, 0.3) is 22.2 Å². The molecule has 1 aliphatic heterocycles. The van der Waals surface area contributed by atoms with Crippen molar-refractivity contribution in [1.82, 2.24) is 9.55 Å². The second-order valence-corrected chi connectivity index (χ2v) is 6.49. The molecule has 3 aromatic rings. The Labute approximate surface area is 145 Å². The number of ether oxygens (including phenoxy) is 1. The molecule has 8 heteroatoms. The molecule has 26 heavy (non-hydrogen) atoms. The first-order valence-electron chi connectivity index (χ1n) is 7.87. The largest absolute Gasteiger partial charge is 0.416 e. The van der Waals surface area contributed by atoms with Gasteiger partial charge in [-0.2, -0.15) is 13.2 Å². The van der Waals surface area contributed by atoms with E-state index in [0.29, 0.717) is 29.2 Å². The Morgan fingerprint density at radius 1 is 1.15 bits per heavy atom. The SMILES string of the molecule is OC1(Cn2cnc3cc(-c4cc(C(F)(F)F)ccc4F)ccc32)COC1. The van der Waals surface area contributed by atoms with Gasteiger partial charge in [-0.05, 0) is 35.9 Å². The van der Waals surface area contributed by atoms with Crippen LogP contribution >= 0.6 is 0 Å². The van der Waals surface area contributed by atoms with E-state index in [0.717, 1.165) is 12.1 Å². The molecular formula is C18H14F4N2O2. The zero-order valence-corrected chi connectivity index (χ0v) is 13.4. The number of hydrogen-bond donors (Lipinski definition) is 1. The number of hydrogen-bond acceptors (Lipinski definition) is 3. The Morgan fingerprint density at radius 2 is 1.92 bits per heavy atom. The molecule has 4 rings (SSSR count). The van der Waals surface area contributed by atoms with Crippen molar-refractivity contribution in [2.75, 3.05) is 13.2 Å². The first-order valence-corrected chi connectivity index (χ1v) is 7.87. The summed E-state index contributed by atoms with van der Waals surface area (Å²) in [6.45, 7) is 0.765. The zero-order chi connectivity index (χ0) is 18.5. The molecule has 2 heterocycles. The van der Waals surface area contributed by atoms with Gasteiger partial charge in [0.05, 0.1) is 42.7 Å². The highest BCUT2D eigenvalue weighted by Gasteiger charge is 2.36. The number of aliphatic hydroxyl groups is 1. The van der Waals surface area contributed by atoms with Gasteiger partial charge in [-0.3, -0.25) is 0 Å². The van der Waals surface area contributed by atoms with Gasteiger partial charge in [-0.25, -0.2) is 9.37 Å². The van der Waals surface area contributed by atoms with Gasteiger partial charge in [-0.15, -0.1) is 0 Å². The van der Waals surface area contributed by atoms with Crippen molar-refractivity contribution < 1.29 is 27.4 Å². The molecule has 0 atom stereocenters. The molecule has 1 aliphatic rings. The molecule has 1 saturated heterocycles. The Bertz CT molecular complexity index is 977. The Kier molecular flexibility index (Phi) is 3.78. The Hall–Kier alpha value is -2.45. The maximum Gasteiger partial charge on any atom is 0.416 e. The third kappa shape index (κ3) is 2.95. The van der Waals surface area contributed by atoms with Gasteiger partial charge < -0.3 is 14.4 Å². The van der Waals surface area contributed by atoms with Crippen molar-refractivity contribution >= 4 is 11.0 Å².